The molecule has 82 valence electrons. The summed E-state index contributed by atoms with van der Waals surface area (Å²) in [6.07, 6.45) is 1.90. The molecule has 3 N–H and O–H groups in total. The van der Waals surface area contributed by atoms with Crippen molar-refractivity contribution >= 4 is 12.2 Å². The Kier molecular flexibility index (Phi) is 3.17. The molecular formula is C13H14N2S. The number of hydrogen-bond acceptors (Lipinski definition) is 2. The number of nitrogens with one attached hydrogen (secondary N) is 1. The van der Waals surface area contributed by atoms with Crippen molar-refractivity contribution < 1.29 is 0 Å². The van der Waals surface area contributed by atoms with Crippen molar-refractivity contribution in [1.82, 2.24) is 4.98 Å². The Bertz CT molecular complexity index is 531. The van der Waals surface area contributed by atoms with Gasteiger partial charge in [0.15, 0.2) is 0 Å². The molecule has 16 heavy (non-hydrogen) atoms. The van der Waals surface area contributed by atoms with Gasteiger partial charge in [0.05, 0.1) is 6.04 Å². The molecule has 0 amide bonds. The Hall–Kier alpha value is -1.45. The smallest absolute Gasteiger partial charge is 0.103 e. The van der Waals surface area contributed by atoms with Crippen molar-refractivity contribution in [1.29, 1.82) is 0 Å². The number of aromatic nitrogens is 1. The molecular weight excluding hydrogens is 216 g/mol. The predicted molar refractivity (Wildman–Crippen MR) is 68.8 cm³/mol. The first-order valence-electron chi connectivity index (χ1n) is 5.18. The number of rotatable bonds is 2. The van der Waals surface area contributed by atoms with Crippen LogP contribution in [0.25, 0.3) is 0 Å². The fourth-order valence-electron chi connectivity index (χ4n) is 1.76. The molecule has 0 bridgehead atoms. The number of pyridine rings is 1. The van der Waals surface area contributed by atoms with Crippen molar-refractivity contribution in [3.05, 3.63) is 63.9 Å². The Labute approximate surface area is 100 Å². The summed E-state index contributed by atoms with van der Waals surface area (Å²) in [6, 6.07) is 11.9. The third-order valence-electron chi connectivity index (χ3n) is 2.67. The average molecular weight is 230 g/mol. The van der Waals surface area contributed by atoms with Crippen LogP contribution in [-0.2, 0) is 0 Å². The van der Waals surface area contributed by atoms with E-state index in [2.05, 4.69) is 4.98 Å². The largest absolute Gasteiger partial charge is 0.353 e. The molecule has 0 aliphatic carbocycles. The third kappa shape index (κ3) is 2.21. The zero-order chi connectivity index (χ0) is 11.5. The van der Waals surface area contributed by atoms with Crippen LogP contribution in [0.2, 0.25) is 0 Å². The van der Waals surface area contributed by atoms with Crippen molar-refractivity contribution in [3.8, 4) is 0 Å². The van der Waals surface area contributed by atoms with Crippen LogP contribution in [0, 0.1) is 11.6 Å². The second-order valence-electron chi connectivity index (χ2n) is 3.82. The molecule has 0 spiro atoms. The van der Waals surface area contributed by atoms with Gasteiger partial charge in [0.2, 0.25) is 0 Å². The second-order valence-corrected chi connectivity index (χ2v) is 4.26. The van der Waals surface area contributed by atoms with Crippen molar-refractivity contribution in [2.24, 2.45) is 5.73 Å². The highest BCUT2D eigenvalue weighted by atomic mass is 32.1. The van der Waals surface area contributed by atoms with Crippen LogP contribution >= 0.6 is 12.2 Å². The molecule has 1 aromatic heterocycles. The number of hydrogen-bond donors (Lipinski definition) is 2. The molecule has 2 nitrogen and oxygen atoms in total. The number of nitrogens with two attached hydrogens (primary N) is 1. The topological polar surface area (TPSA) is 41.8 Å². The Morgan fingerprint density at radius 1 is 1.25 bits per heavy atom. The highest BCUT2D eigenvalue weighted by Gasteiger charge is 2.10. The van der Waals surface area contributed by atoms with E-state index in [1.807, 2.05) is 49.5 Å². The lowest BCUT2D eigenvalue weighted by Gasteiger charge is -2.14. The quantitative estimate of drug-likeness (QED) is 0.778. The molecule has 1 heterocycles. The van der Waals surface area contributed by atoms with Crippen LogP contribution in [0.4, 0.5) is 0 Å². The maximum atomic E-state index is 6.21. The number of H-pyrrole nitrogens is 1. The van der Waals surface area contributed by atoms with Crippen LogP contribution in [0.15, 0.2) is 42.6 Å². The van der Waals surface area contributed by atoms with Crippen LogP contribution in [0.1, 0.15) is 22.7 Å². The molecule has 0 fully saturated rings. The first-order valence-corrected chi connectivity index (χ1v) is 5.59. The van der Waals surface area contributed by atoms with Crippen LogP contribution in [0.3, 0.4) is 0 Å². The highest BCUT2D eigenvalue weighted by Crippen LogP contribution is 2.21. The fraction of sp³-hybridized carbons (Fsp3) is 0.154. The Morgan fingerprint density at radius 3 is 2.56 bits per heavy atom. The third-order valence-corrected chi connectivity index (χ3v) is 2.90. The first kappa shape index (κ1) is 11.0. The van der Waals surface area contributed by atoms with E-state index in [1.165, 1.54) is 0 Å². The van der Waals surface area contributed by atoms with E-state index < -0.39 is 0 Å². The number of benzene rings is 1. The zero-order valence-corrected chi connectivity index (χ0v) is 9.92. The predicted octanol–water partition coefficient (Wildman–Crippen LogP) is 3.10. The number of aromatic amines is 1. The molecule has 2 rings (SSSR count). The minimum atomic E-state index is -0.104. The standard InChI is InChI=1S/C13H14N2S/c1-9-7-12(16)15-8-11(9)13(14)10-5-3-2-4-6-10/h2-8,13H,14H2,1H3,(H,15,16)/t13-/m1/s1. The summed E-state index contributed by atoms with van der Waals surface area (Å²) >= 11 is 5.07. The van der Waals surface area contributed by atoms with Gasteiger partial charge in [-0.1, -0.05) is 42.5 Å². The van der Waals surface area contributed by atoms with Gasteiger partial charge in [0.25, 0.3) is 0 Å². The molecule has 0 aliphatic rings. The lowest BCUT2D eigenvalue weighted by atomic mass is 9.98. The van der Waals surface area contributed by atoms with Crippen LogP contribution in [0.5, 0.6) is 0 Å². The minimum absolute atomic E-state index is 0.104. The van der Waals surface area contributed by atoms with Crippen LogP contribution < -0.4 is 5.73 Å². The summed E-state index contributed by atoms with van der Waals surface area (Å²) in [7, 11) is 0. The van der Waals surface area contributed by atoms with Gasteiger partial charge in [-0.15, -0.1) is 0 Å². The molecule has 0 aliphatic heterocycles. The van der Waals surface area contributed by atoms with E-state index in [0.717, 1.165) is 21.3 Å². The summed E-state index contributed by atoms with van der Waals surface area (Å²) in [6.45, 7) is 2.03. The summed E-state index contributed by atoms with van der Waals surface area (Å²) < 4.78 is 0.738. The Balaban J connectivity index is 2.42. The van der Waals surface area contributed by atoms with Crippen molar-refractivity contribution in [2.75, 3.05) is 0 Å². The van der Waals surface area contributed by atoms with Crippen molar-refractivity contribution in [3.63, 3.8) is 0 Å². The molecule has 0 saturated carbocycles. The van der Waals surface area contributed by atoms with E-state index in [-0.39, 0.29) is 6.04 Å². The van der Waals surface area contributed by atoms with Gasteiger partial charge < -0.3 is 10.7 Å². The summed E-state index contributed by atoms with van der Waals surface area (Å²) in [5.41, 5.74) is 9.53. The normalized spacial score (nSPS) is 12.4. The summed E-state index contributed by atoms with van der Waals surface area (Å²) in [5, 5.41) is 0. The summed E-state index contributed by atoms with van der Waals surface area (Å²) in [5.74, 6) is 0. The average Bonchev–Trinajstić information content (AvgIpc) is 2.29. The first-order chi connectivity index (χ1) is 7.68. The van der Waals surface area contributed by atoms with E-state index in [4.69, 9.17) is 18.0 Å². The van der Waals surface area contributed by atoms with Gasteiger partial charge in [-0.3, -0.25) is 0 Å². The Morgan fingerprint density at radius 2 is 1.94 bits per heavy atom. The maximum Gasteiger partial charge on any atom is 0.103 e. The zero-order valence-electron chi connectivity index (χ0n) is 9.10. The monoisotopic (exact) mass is 230 g/mol. The van der Waals surface area contributed by atoms with Gasteiger partial charge in [0, 0.05) is 6.20 Å². The van der Waals surface area contributed by atoms with E-state index in [0.29, 0.717) is 0 Å². The van der Waals surface area contributed by atoms with Gasteiger partial charge in [-0.25, -0.2) is 0 Å². The minimum Gasteiger partial charge on any atom is -0.353 e. The molecule has 1 aromatic carbocycles. The van der Waals surface area contributed by atoms with Gasteiger partial charge in [0.1, 0.15) is 4.64 Å². The van der Waals surface area contributed by atoms with Crippen molar-refractivity contribution in [2.45, 2.75) is 13.0 Å². The van der Waals surface area contributed by atoms with Gasteiger partial charge >= 0.3 is 0 Å². The molecule has 0 radical (unpaired) electrons. The molecule has 2 aromatic rings. The van der Waals surface area contributed by atoms with E-state index in [9.17, 15) is 0 Å². The van der Waals surface area contributed by atoms with Gasteiger partial charge in [-0.05, 0) is 29.7 Å². The SMILES string of the molecule is Cc1cc(=S)[nH]cc1[C@H](N)c1ccccc1. The van der Waals surface area contributed by atoms with E-state index >= 15 is 0 Å². The highest BCUT2D eigenvalue weighted by molar-refractivity contribution is 7.71. The van der Waals surface area contributed by atoms with Crippen LogP contribution in [-0.4, -0.2) is 4.98 Å². The second kappa shape index (κ2) is 4.60. The van der Waals surface area contributed by atoms with Gasteiger partial charge in [-0.2, -0.15) is 0 Å². The molecule has 3 heteroatoms. The molecule has 0 saturated heterocycles. The lowest BCUT2D eigenvalue weighted by Crippen LogP contribution is -2.13. The fourth-order valence-corrected chi connectivity index (χ4v) is 2.00. The molecule has 1 atom stereocenters. The lowest BCUT2D eigenvalue weighted by molar-refractivity contribution is 0.852. The summed E-state index contributed by atoms with van der Waals surface area (Å²) in [4.78, 5) is 3.03. The molecule has 0 unspecified atom stereocenters. The van der Waals surface area contributed by atoms with E-state index in [1.54, 1.807) is 0 Å². The number of aryl methyl sites for hydroxylation is 1. The maximum absolute atomic E-state index is 6.21.